The van der Waals surface area contributed by atoms with Crippen LogP contribution in [0.25, 0.3) is 16.9 Å². The Labute approximate surface area is 542 Å². The van der Waals surface area contributed by atoms with E-state index in [9.17, 15) is 5.53 Å². The first-order chi connectivity index (χ1) is 41.0. The summed E-state index contributed by atoms with van der Waals surface area (Å²) in [5.74, 6) is 0. The molecule has 0 amide bonds. The second-order valence-corrected chi connectivity index (χ2v) is 26.0. The second kappa shape index (κ2) is 65.6. The van der Waals surface area contributed by atoms with Crippen LogP contribution in [0.3, 0.4) is 0 Å². The average Bonchev–Trinajstić information content (AvgIpc) is 4.11. The second-order valence-electron chi connectivity index (χ2n) is 26.0. The van der Waals surface area contributed by atoms with Crippen molar-refractivity contribution in [2.45, 2.75) is 407 Å². The number of hydrogen-bond donors (Lipinski definition) is 0. The first-order valence-electron chi connectivity index (χ1n) is 37.7. The van der Waals surface area contributed by atoms with Crippen LogP contribution in [0.1, 0.15) is 416 Å². The van der Waals surface area contributed by atoms with Crippen molar-refractivity contribution >= 4 is 11.4 Å². The van der Waals surface area contributed by atoms with Crippen molar-refractivity contribution in [2.75, 3.05) is 0 Å². The number of nitrogens with zero attached hydrogens (tertiary/aromatic N) is 2. The van der Waals surface area contributed by atoms with E-state index in [1.807, 2.05) is 0 Å². The van der Waals surface area contributed by atoms with Gasteiger partial charge >= 0.3 is 20.4 Å². The van der Waals surface area contributed by atoms with E-state index in [-0.39, 0.29) is 20.4 Å². The van der Waals surface area contributed by atoms with E-state index < -0.39 is 0 Å². The molecule has 1 heterocycles. The fraction of sp³-hybridized carbons (Fsp3) is 0.778. The van der Waals surface area contributed by atoms with Gasteiger partial charge in [0.05, 0.1) is 0 Å². The maximum Gasteiger partial charge on any atom is 2.00 e. The predicted molar refractivity (Wildman–Crippen MR) is 376 cm³/mol. The van der Waals surface area contributed by atoms with Crippen LogP contribution in [0.5, 0.6) is 0 Å². The smallest absolute Gasteiger partial charge is 0.493 e. The van der Waals surface area contributed by atoms with Gasteiger partial charge < -0.3 is 19.4 Å². The molecule has 1 aliphatic heterocycles. The van der Waals surface area contributed by atoms with Crippen LogP contribution in [0.4, 0.5) is 0 Å². The summed E-state index contributed by atoms with van der Waals surface area (Å²) < 4.78 is 1.53. The summed E-state index contributed by atoms with van der Waals surface area (Å²) in [5.41, 5.74) is 20.2. The monoisotopic (exact) mass is 1250 g/mol. The van der Waals surface area contributed by atoms with Gasteiger partial charge in [0.2, 0.25) is 11.4 Å². The molecule has 488 valence electrons. The predicted octanol–water partition coefficient (Wildman–Crippen LogP) is 29.2. The summed E-state index contributed by atoms with van der Waals surface area (Å²) in [6, 6.07) is 18.0. The molecule has 0 saturated carbocycles. The minimum Gasteiger partial charge on any atom is -0.493 e. The van der Waals surface area contributed by atoms with E-state index >= 15 is 0 Å². The molecule has 0 bridgehead atoms. The van der Waals surface area contributed by atoms with E-state index in [0.717, 1.165) is 54.6 Å². The van der Waals surface area contributed by atoms with Gasteiger partial charge in [-0.3, -0.25) is 0 Å². The topological polar surface area (TPSA) is 25.3 Å². The molecule has 0 spiro atoms. The zero-order valence-electron chi connectivity index (χ0n) is 57.3. The van der Waals surface area contributed by atoms with Crippen LogP contribution in [0.15, 0.2) is 60.2 Å². The molecule has 0 radical (unpaired) electrons. The van der Waals surface area contributed by atoms with Gasteiger partial charge in [-0.25, -0.2) is 4.70 Å². The quantitative estimate of drug-likeness (QED) is 0.0273. The van der Waals surface area contributed by atoms with Crippen molar-refractivity contribution < 1.29 is 25.1 Å². The number of unbranched alkanes of at least 4 members (excludes halogenated alkanes) is 50. The Morgan fingerprint density at radius 2 is 0.548 bits per heavy atom. The molecule has 2 aromatic rings. The standard InChI is InChI=1S/C63H106N2.2C9H19.Pd/c1-4-7-10-12-14-16-18-20-21-22-23-24-25-26-27-28-29-30-31-32-34-36-38-40-42-44-51-61-56-62(65(64)63(61)60-53-46-50-57(55-60)47-9-6-3)59-52-45-49-58(54-59)48-43-41-39-37-35-33-19-17-15-13-11-8-5-2;2*1-3-5-7-9-8-6-4-2;/h45-46,49-50,52-56H,4-44,47-48,51H2,1-3H3;2*1,3-9H2,2H3;/q;2*-1;+2. The summed E-state index contributed by atoms with van der Waals surface area (Å²) in [5, 5.41) is 0. The Morgan fingerprint density at radius 3 is 0.857 bits per heavy atom. The van der Waals surface area contributed by atoms with E-state index in [0.29, 0.717) is 0 Å². The number of rotatable bonds is 58. The van der Waals surface area contributed by atoms with Gasteiger partial charge in [-0.05, 0) is 73.9 Å². The molecular weight excluding hydrogens is 1110 g/mol. The third-order valence-corrected chi connectivity index (χ3v) is 17.9. The Bertz CT molecular complexity index is 1710. The van der Waals surface area contributed by atoms with Crippen molar-refractivity contribution in [1.29, 1.82) is 0 Å². The van der Waals surface area contributed by atoms with Crippen molar-refractivity contribution in [3.63, 3.8) is 0 Å². The first-order valence-corrected chi connectivity index (χ1v) is 37.7. The van der Waals surface area contributed by atoms with Gasteiger partial charge in [0.15, 0.2) is 0 Å². The normalized spacial score (nSPS) is 12.1. The Balaban J connectivity index is 0.00000310. The Morgan fingerprint density at radius 1 is 0.298 bits per heavy atom. The molecule has 0 fully saturated rings. The SMILES string of the molecule is CCCCCCCCCCCCCCCCCCCCCCCCCCCCC1=C(c2cccc(CCCC)c2)[N+](=[N-])C(c2cccc(CCCCCCCCCCCCCCC)c2)=C1.[CH2-]CCCCCCCC.[CH2-]CCCCCCCC.[Pd+2]. The summed E-state index contributed by atoms with van der Waals surface area (Å²) in [6.07, 6.45) is 82.0. The Hall–Kier alpha value is -1.82. The fourth-order valence-electron chi connectivity index (χ4n) is 12.3. The molecule has 1 aliphatic rings. The minimum atomic E-state index is 0. The number of allylic oxidation sites excluding steroid dienone is 2. The van der Waals surface area contributed by atoms with Crippen molar-refractivity contribution in [3.8, 4) is 0 Å². The van der Waals surface area contributed by atoms with E-state index in [1.54, 1.807) is 0 Å². The van der Waals surface area contributed by atoms with Crippen molar-refractivity contribution in [3.05, 3.63) is 102 Å². The maximum atomic E-state index is 11.9. The summed E-state index contributed by atoms with van der Waals surface area (Å²) >= 11 is 0. The summed E-state index contributed by atoms with van der Waals surface area (Å²) in [4.78, 5) is 0. The molecule has 0 N–H and O–H groups in total. The molecule has 3 rings (SSSR count). The van der Waals surface area contributed by atoms with Crippen LogP contribution in [0, 0.1) is 13.8 Å². The number of benzene rings is 2. The van der Waals surface area contributed by atoms with E-state index in [2.05, 4.69) is 103 Å². The van der Waals surface area contributed by atoms with Crippen LogP contribution < -0.4 is 0 Å². The minimum absolute atomic E-state index is 0. The van der Waals surface area contributed by atoms with Crippen molar-refractivity contribution in [2.24, 2.45) is 0 Å². The molecule has 84 heavy (non-hydrogen) atoms. The third-order valence-electron chi connectivity index (χ3n) is 17.9. The van der Waals surface area contributed by atoms with Gasteiger partial charge in [0, 0.05) is 22.8 Å². The van der Waals surface area contributed by atoms with E-state index in [1.165, 1.54) is 362 Å². The van der Waals surface area contributed by atoms with Gasteiger partial charge in [0.1, 0.15) is 0 Å². The zero-order valence-corrected chi connectivity index (χ0v) is 58.9. The molecule has 0 aromatic heterocycles. The summed E-state index contributed by atoms with van der Waals surface area (Å²) in [7, 11) is 0. The third kappa shape index (κ3) is 49.1. The van der Waals surface area contributed by atoms with Crippen molar-refractivity contribution in [1.82, 2.24) is 0 Å². The maximum absolute atomic E-state index is 11.9. The Kier molecular flexibility index (Phi) is 64.2. The fourth-order valence-corrected chi connectivity index (χ4v) is 12.3. The van der Waals surface area contributed by atoms with Crippen LogP contribution >= 0.6 is 0 Å². The zero-order chi connectivity index (χ0) is 60.0. The molecule has 2 nitrogen and oxygen atoms in total. The average molecular weight is 1250 g/mol. The molecule has 0 aliphatic carbocycles. The summed E-state index contributed by atoms with van der Waals surface area (Å²) in [6.45, 7) is 19.0. The molecule has 2 aromatic carbocycles. The van der Waals surface area contributed by atoms with Crippen LogP contribution in [-0.2, 0) is 33.3 Å². The van der Waals surface area contributed by atoms with Crippen LogP contribution in [0.2, 0.25) is 0 Å². The molecule has 3 heteroatoms. The van der Waals surface area contributed by atoms with Gasteiger partial charge in [-0.1, -0.05) is 380 Å². The largest absolute Gasteiger partial charge is 2.00 e. The molecule has 0 saturated heterocycles. The van der Waals surface area contributed by atoms with Crippen LogP contribution in [-0.4, -0.2) is 4.70 Å². The number of aryl methyl sites for hydroxylation is 2. The van der Waals surface area contributed by atoms with Gasteiger partial charge in [-0.2, -0.15) is 12.8 Å². The number of hydrogen-bond acceptors (Lipinski definition) is 0. The van der Waals surface area contributed by atoms with E-state index in [4.69, 9.17) is 0 Å². The van der Waals surface area contributed by atoms with Gasteiger partial charge in [-0.15, -0.1) is 0 Å². The van der Waals surface area contributed by atoms with Gasteiger partial charge in [0.25, 0.3) is 0 Å². The molecular formula is C81H144N2Pd. The first kappa shape index (κ1) is 82.2. The molecule has 0 unspecified atom stereocenters. The molecule has 0 atom stereocenters.